The lowest BCUT2D eigenvalue weighted by molar-refractivity contribution is 0.0950. The Bertz CT molecular complexity index is 397. The zero-order valence-corrected chi connectivity index (χ0v) is 12.4. The first-order chi connectivity index (χ1) is 8.66. The van der Waals surface area contributed by atoms with Gasteiger partial charge in [-0.05, 0) is 43.0 Å². The summed E-state index contributed by atoms with van der Waals surface area (Å²) in [6.45, 7) is 6.11. The first-order valence-corrected chi connectivity index (χ1v) is 6.78. The monoisotopic (exact) mass is 282 g/mol. The number of halogens is 1. The lowest BCUT2D eigenvalue weighted by atomic mass is 10.0. The molecule has 0 bridgehead atoms. The van der Waals surface area contributed by atoms with Crippen molar-refractivity contribution in [2.45, 2.75) is 38.6 Å². The van der Waals surface area contributed by atoms with E-state index in [0.29, 0.717) is 12.0 Å². The molecule has 0 aliphatic carbocycles. The summed E-state index contributed by atoms with van der Waals surface area (Å²) in [5.74, 6) is 0.531. The van der Waals surface area contributed by atoms with Crippen LogP contribution in [-0.4, -0.2) is 25.0 Å². The molecule has 106 valence electrons. The highest BCUT2D eigenvalue weighted by molar-refractivity contribution is 5.94. The Morgan fingerprint density at radius 3 is 2.58 bits per heavy atom. The van der Waals surface area contributed by atoms with Gasteiger partial charge in [-0.15, -0.1) is 12.4 Å². The average molecular weight is 283 g/mol. The van der Waals surface area contributed by atoms with Crippen molar-refractivity contribution < 1.29 is 4.79 Å². The quantitative estimate of drug-likeness (QED) is 0.892. The van der Waals surface area contributed by atoms with Gasteiger partial charge in [0.2, 0.25) is 0 Å². The van der Waals surface area contributed by atoms with Crippen LogP contribution >= 0.6 is 12.4 Å². The molecule has 0 saturated carbocycles. The van der Waals surface area contributed by atoms with Gasteiger partial charge in [-0.25, -0.2) is 0 Å². The highest BCUT2D eigenvalue weighted by Crippen LogP contribution is 2.14. The molecule has 1 amide bonds. The van der Waals surface area contributed by atoms with Crippen LogP contribution in [0, 0.1) is 0 Å². The number of hydrogen-bond donors (Lipinski definition) is 2. The van der Waals surface area contributed by atoms with E-state index in [-0.39, 0.29) is 18.3 Å². The van der Waals surface area contributed by atoms with Gasteiger partial charge in [0.05, 0.1) is 0 Å². The van der Waals surface area contributed by atoms with Crippen LogP contribution in [0.4, 0.5) is 0 Å². The topological polar surface area (TPSA) is 41.1 Å². The minimum atomic E-state index is 0. The van der Waals surface area contributed by atoms with Gasteiger partial charge in [0.15, 0.2) is 0 Å². The minimum absolute atomic E-state index is 0. The fourth-order valence-corrected chi connectivity index (χ4v) is 2.27. The van der Waals surface area contributed by atoms with Gasteiger partial charge in [-0.2, -0.15) is 0 Å². The van der Waals surface area contributed by atoms with Crippen molar-refractivity contribution >= 4 is 18.3 Å². The van der Waals surface area contributed by atoms with Crippen LogP contribution in [0.3, 0.4) is 0 Å². The number of amides is 1. The summed E-state index contributed by atoms with van der Waals surface area (Å²) < 4.78 is 0. The highest BCUT2D eigenvalue weighted by atomic mass is 35.5. The van der Waals surface area contributed by atoms with E-state index in [1.165, 1.54) is 12.0 Å². The second-order valence-corrected chi connectivity index (χ2v) is 5.28. The van der Waals surface area contributed by atoms with Gasteiger partial charge in [0, 0.05) is 18.2 Å². The normalized spacial score (nSPS) is 18.2. The van der Waals surface area contributed by atoms with Gasteiger partial charge in [0.1, 0.15) is 0 Å². The van der Waals surface area contributed by atoms with Crippen molar-refractivity contribution in [1.82, 2.24) is 10.6 Å². The van der Waals surface area contributed by atoms with Crippen LogP contribution < -0.4 is 10.6 Å². The van der Waals surface area contributed by atoms with E-state index in [1.807, 2.05) is 24.3 Å². The minimum Gasteiger partial charge on any atom is -0.350 e. The molecule has 1 heterocycles. The Morgan fingerprint density at radius 1 is 1.37 bits per heavy atom. The highest BCUT2D eigenvalue weighted by Gasteiger charge is 2.15. The van der Waals surface area contributed by atoms with Gasteiger partial charge in [0.25, 0.3) is 5.91 Å². The van der Waals surface area contributed by atoms with E-state index in [4.69, 9.17) is 0 Å². The molecule has 0 radical (unpaired) electrons. The van der Waals surface area contributed by atoms with E-state index in [2.05, 4.69) is 24.5 Å². The Hall–Kier alpha value is -1.06. The van der Waals surface area contributed by atoms with Gasteiger partial charge < -0.3 is 10.6 Å². The van der Waals surface area contributed by atoms with Crippen LogP contribution in [0.2, 0.25) is 0 Å². The number of carbonyl (C=O) groups excluding carboxylic acids is 1. The molecule has 1 aliphatic rings. The van der Waals surface area contributed by atoms with Gasteiger partial charge >= 0.3 is 0 Å². The predicted molar refractivity (Wildman–Crippen MR) is 81.1 cm³/mol. The van der Waals surface area contributed by atoms with Crippen molar-refractivity contribution in [3.63, 3.8) is 0 Å². The number of benzene rings is 1. The number of hydrogen-bond acceptors (Lipinski definition) is 2. The third kappa shape index (κ3) is 4.51. The van der Waals surface area contributed by atoms with Crippen LogP contribution in [0.25, 0.3) is 0 Å². The van der Waals surface area contributed by atoms with E-state index in [0.717, 1.165) is 25.1 Å². The zero-order valence-electron chi connectivity index (χ0n) is 11.6. The third-order valence-corrected chi connectivity index (χ3v) is 3.51. The second-order valence-electron chi connectivity index (χ2n) is 5.28. The Kier molecular flexibility index (Phi) is 6.32. The molecule has 1 unspecified atom stereocenters. The molecule has 1 fully saturated rings. The summed E-state index contributed by atoms with van der Waals surface area (Å²) in [4.78, 5) is 11.9. The zero-order chi connectivity index (χ0) is 13.0. The van der Waals surface area contributed by atoms with E-state index < -0.39 is 0 Å². The van der Waals surface area contributed by atoms with Crippen LogP contribution in [0.5, 0.6) is 0 Å². The maximum Gasteiger partial charge on any atom is 0.251 e. The molecule has 2 rings (SSSR count). The molecule has 1 aliphatic heterocycles. The number of nitrogens with one attached hydrogen (secondary N) is 2. The van der Waals surface area contributed by atoms with Crippen LogP contribution in [0.15, 0.2) is 24.3 Å². The molecular weight excluding hydrogens is 260 g/mol. The SMILES string of the molecule is CC(C)c1ccc(C(=O)NCC2CCCN2)cc1.Cl. The first kappa shape index (κ1) is 16.0. The lowest BCUT2D eigenvalue weighted by Gasteiger charge is -2.12. The summed E-state index contributed by atoms with van der Waals surface area (Å²) in [6, 6.07) is 8.34. The van der Waals surface area contributed by atoms with Crippen molar-refractivity contribution in [2.24, 2.45) is 0 Å². The van der Waals surface area contributed by atoms with Crippen LogP contribution in [-0.2, 0) is 0 Å². The molecule has 1 aromatic rings. The summed E-state index contributed by atoms with van der Waals surface area (Å²) in [6.07, 6.45) is 2.37. The van der Waals surface area contributed by atoms with Crippen molar-refractivity contribution in [1.29, 1.82) is 0 Å². The second kappa shape index (κ2) is 7.51. The molecule has 19 heavy (non-hydrogen) atoms. The number of rotatable bonds is 4. The summed E-state index contributed by atoms with van der Waals surface area (Å²) >= 11 is 0. The third-order valence-electron chi connectivity index (χ3n) is 3.51. The molecule has 2 N–H and O–H groups in total. The summed E-state index contributed by atoms with van der Waals surface area (Å²) in [5.41, 5.74) is 2.02. The first-order valence-electron chi connectivity index (χ1n) is 6.78. The molecule has 0 aromatic heterocycles. The Labute approximate surface area is 121 Å². The summed E-state index contributed by atoms with van der Waals surface area (Å²) in [7, 11) is 0. The van der Waals surface area contributed by atoms with Gasteiger partial charge in [-0.1, -0.05) is 26.0 Å². The maximum absolute atomic E-state index is 11.9. The maximum atomic E-state index is 11.9. The predicted octanol–water partition coefficient (Wildman–Crippen LogP) is 2.71. The van der Waals surface area contributed by atoms with Crippen molar-refractivity contribution in [2.75, 3.05) is 13.1 Å². The molecule has 1 saturated heterocycles. The molecule has 4 heteroatoms. The van der Waals surface area contributed by atoms with Crippen molar-refractivity contribution in [3.05, 3.63) is 35.4 Å². The molecule has 0 spiro atoms. The standard InChI is InChI=1S/C15H22N2O.ClH/c1-11(2)12-5-7-13(8-6-12)15(18)17-10-14-4-3-9-16-14;/h5-8,11,14,16H,3-4,9-10H2,1-2H3,(H,17,18);1H. The van der Waals surface area contributed by atoms with E-state index >= 15 is 0 Å². The molecule has 1 atom stereocenters. The van der Waals surface area contributed by atoms with E-state index in [1.54, 1.807) is 0 Å². The summed E-state index contributed by atoms with van der Waals surface area (Å²) in [5, 5.41) is 6.36. The van der Waals surface area contributed by atoms with E-state index in [9.17, 15) is 4.79 Å². The number of carbonyl (C=O) groups is 1. The van der Waals surface area contributed by atoms with Crippen LogP contribution in [0.1, 0.15) is 48.5 Å². The Balaban J connectivity index is 0.00000180. The van der Waals surface area contributed by atoms with Gasteiger partial charge in [-0.3, -0.25) is 4.79 Å². The smallest absolute Gasteiger partial charge is 0.251 e. The average Bonchev–Trinajstić information content (AvgIpc) is 2.89. The Morgan fingerprint density at radius 2 is 2.05 bits per heavy atom. The fraction of sp³-hybridized carbons (Fsp3) is 0.533. The van der Waals surface area contributed by atoms with Crippen molar-refractivity contribution in [3.8, 4) is 0 Å². The molecule has 3 nitrogen and oxygen atoms in total. The fourth-order valence-electron chi connectivity index (χ4n) is 2.27. The molecular formula is C15H23ClN2O. The lowest BCUT2D eigenvalue weighted by Crippen LogP contribution is -2.37. The molecule has 1 aromatic carbocycles. The largest absolute Gasteiger partial charge is 0.350 e.